The Balaban J connectivity index is 2.01. The van der Waals surface area contributed by atoms with Gasteiger partial charge in [-0.15, -0.1) is 0 Å². The maximum absolute atomic E-state index is 10.8. The van der Waals surface area contributed by atoms with Crippen molar-refractivity contribution in [2.24, 2.45) is 0 Å². The van der Waals surface area contributed by atoms with Crippen LogP contribution in [0.1, 0.15) is 11.1 Å². The Morgan fingerprint density at radius 3 is 2.67 bits per heavy atom. The summed E-state index contributed by atoms with van der Waals surface area (Å²) in [6.07, 6.45) is 0.895. The van der Waals surface area contributed by atoms with E-state index in [1.165, 1.54) is 24.3 Å². The monoisotopic (exact) mass is 286 g/mol. The van der Waals surface area contributed by atoms with Crippen LogP contribution in [0.4, 0.5) is 11.4 Å². The number of ether oxygens (including phenoxy) is 1. The third-order valence-electron chi connectivity index (χ3n) is 3.36. The second-order valence-electron chi connectivity index (χ2n) is 4.75. The summed E-state index contributed by atoms with van der Waals surface area (Å²) >= 11 is 0. The minimum absolute atomic E-state index is 0.0260. The lowest BCUT2D eigenvalue weighted by molar-refractivity contribution is -0.385. The SMILES string of the molecule is COc1cc(NCCc2ccccc2C)ccc1[N+](=O)[O-]. The van der Waals surface area contributed by atoms with Crippen molar-refractivity contribution < 1.29 is 9.66 Å². The Morgan fingerprint density at radius 2 is 2.00 bits per heavy atom. The molecule has 0 heterocycles. The number of aryl methyl sites for hydroxylation is 1. The number of nitrogens with zero attached hydrogens (tertiary/aromatic N) is 1. The highest BCUT2D eigenvalue weighted by Crippen LogP contribution is 2.29. The summed E-state index contributed by atoms with van der Waals surface area (Å²) in [5, 5.41) is 14.1. The Kier molecular flexibility index (Phi) is 4.77. The van der Waals surface area contributed by atoms with Crippen molar-refractivity contribution in [1.29, 1.82) is 0 Å². The van der Waals surface area contributed by atoms with Crippen LogP contribution in [0.25, 0.3) is 0 Å². The van der Waals surface area contributed by atoms with Crippen molar-refractivity contribution >= 4 is 11.4 Å². The Morgan fingerprint density at radius 1 is 1.24 bits per heavy atom. The summed E-state index contributed by atoms with van der Waals surface area (Å²) in [4.78, 5) is 10.4. The van der Waals surface area contributed by atoms with Gasteiger partial charge in [0.25, 0.3) is 0 Å². The molecule has 0 saturated heterocycles. The number of nitro groups is 1. The molecule has 0 spiro atoms. The molecule has 2 aromatic carbocycles. The third kappa shape index (κ3) is 3.72. The average molecular weight is 286 g/mol. The van der Waals surface area contributed by atoms with E-state index in [9.17, 15) is 10.1 Å². The first-order chi connectivity index (χ1) is 10.1. The zero-order valence-corrected chi connectivity index (χ0v) is 12.1. The quantitative estimate of drug-likeness (QED) is 0.651. The van der Waals surface area contributed by atoms with E-state index in [1.807, 2.05) is 12.1 Å². The predicted octanol–water partition coefficient (Wildman–Crippen LogP) is 3.57. The summed E-state index contributed by atoms with van der Waals surface area (Å²) in [6, 6.07) is 13.0. The number of anilines is 1. The van der Waals surface area contributed by atoms with Gasteiger partial charge in [-0.3, -0.25) is 10.1 Å². The van der Waals surface area contributed by atoms with Crippen LogP contribution in [0.5, 0.6) is 5.75 Å². The molecule has 0 aliphatic rings. The fourth-order valence-electron chi connectivity index (χ4n) is 2.17. The lowest BCUT2D eigenvalue weighted by Gasteiger charge is -2.09. The first kappa shape index (κ1) is 14.8. The molecule has 2 aromatic rings. The van der Waals surface area contributed by atoms with Crippen LogP contribution in [0.2, 0.25) is 0 Å². The molecule has 0 unspecified atom stereocenters. The van der Waals surface area contributed by atoms with Gasteiger partial charge in [-0.1, -0.05) is 24.3 Å². The zero-order chi connectivity index (χ0) is 15.2. The van der Waals surface area contributed by atoms with Crippen molar-refractivity contribution in [1.82, 2.24) is 0 Å². The molecule has 0 atom stereocenters. The third-order valence-corrected chi connectivity index (χ3v) is 3.36. The van der Waals surface area contributed by atoms with E-state index < -0.39 is 4.92 Å². The van der Waals surface area contributed by atoms with E-state index in [0.717, 1.165) is 18.7 Å². The molecular formula is C16H18N2O3. The van der Waals surface area contributed by atoms with E-state index in [0.29, 0.717) is 0 Å². The van der Waals surface area contributed by atoms with Crippen molar-refractivity contribution in [3.05, 3.63) is 63.7 Å². The van der Waals surface area contributed by atoms with Gasteiger partial charge in [0, 0.05) is 24.4 Å². The number of methoxy groups -OCH3 is 1. The van der Waals surface area contributed by atoms with Crippen molar-refractivity contribution in [2.45, 2.75) is 13.3 Å². The van der Waals surface area contributed by atoms with Gasteiger partial charge >= 0.3 is 5.69 Å². The van der Waals surface area contributed by atoms with Crippen LogP contribution in [-0.4, -0.2) is 18.6 Å². The first-order valence-electron chi connectivity index (χ1n) is 6.72. The summed E-state index contributed by atoms with van der Waals surface area (Å²) in [5.74, 6) is 0.265. The van der Waals surface area contributed by atoms with Gasteiger partial charge < -0.3 is 10.1 Å². The number of hydrogen-bond donors (Lipinski definition) is 1. The molecule has 0 radical (unpaired) electrons. The highest BCUT2D eigenvalue weighted by Gasteiger charge is 2.14. The van der Waals surface area contributed by atoms with Gasteiger partial charge in [0.05, 0.1) is 12.0 Å². The minimum Gasteiger partial charge on any atom is -0.490 e. The van der Waals surface area contributed by atoms with Gasteiger partial charge in [0.15, 0.2) is 5.75 Å². The van der Waals surface area contributed by atoms with Crippen LogP contribution in [0, 0.1) is 17.0 Å². The van der Waals surface area contributed by atoms with Gasteiger partial charge in [0.1, 0.15) is 0 Å². The standard InChI is InChI=1S/C16H18N2O3/c1-12-5-3-4-6-13(12)9-10-17-14-7-8-15(18(19)20)16(11-14)21-2/h3-8,11,17H,9-10H2,1-2H3. The molecule has 0 aromatic heterocycles. The maximum Gasteiger partial charge on any atom is 0.311 e. The predicted molar refractivity (Wildman–Crippen MR) is 83.0 cm³/mol. The highest BCUT2D eigenvalue weighted by molar-refractivity contribution is 5.58. The molecule has 0 bridgehead atoms. The average Bonchev–Trinajstić information content (AvgIpc) is 2.48. The zero-order valence-electron chi connectivity index (χ0n) is 12.1. The summed E-state index contributed by atoms with van der Waals surface area (Å²) in [7, 11) is 1.43. The van der Waals surface area contributed by atoms with Crippen LogP contribution in [0.15, 0.2) is 42.5 Å². The maximum atomic E-state index is 10.8. The van der Waals surface area contributed by atoms with Gasteiger partial charge in [0.2, 0.25) is 0 Å². The molecule has 5 heteroatoms. The van der Waals surface area contributed by atoms with Crippen LogP contribution < -0.4 is 10.1 Å². The van der Waals surface area contributed by atoms with E-state index in [2.05, 4.69) is 24.4 Å². The molecular weight excluding hydrogens is 268 g/mol. The van der Waals surface area contributed by atoms with Crippen molar-refractivity contribution in [3.63, 3.8) is 0 Å². The van der Waals surface area contributed by atoms with Crippen LogP contribution >= 0.6 is 0 Å². The minimum atomic E-state index is -0.448. The van der Waals surface area contributed by atoms with E-state index in [-0.39, 0.29) is 11.4 Å². The lowest BCUT2D eigenvalue weighted by atomic mass is 10.1. The molecule has 2 rings (SSSR count). The number of benzene rings is 2. The van der Waals surface area contributed by atoms with E-state index in [4.69, 9.17) is 4.74 Å². The van der Waals surface area contributed by atoms with Crippen molar-refractivity contribution in [2.75, 3.05) is 19.0 Å². The number of nitro benzene ring substituents is 1. The molecule has 5 nitrogen and oxygen atoms in total. The van der Waals surface area contributed by atoms with E-state index >= 15 is 0 Å². The topological polar surface area (TPSA) is 64.4 Å². The first-order valence-corrected chi connectivity index (χ1v) is 6.72. The fraction of sp³-hybridized carbons (Fsp3) is 0.250. The summed E-state index contributed by atoms with van der Waals surface area (Å²) in [5.41, 5.74) is 3.34. The Labute approximate surface area is 123 Å². The molecule has 110 valence electrons. The van der Waals surface area contributed by atoms with E-state index in [1.54, 1.807) is 12.1 Å². The summed E-state index contributed by atoms with van der Waals surface area (Å²) < 4.78 is 5.05. The lowest BCUT2D eigenvalue weighted by Crippen LogP contribution is -2.06. The van der Waals surface area contributed by atoms with Crippen LogP contribution in [0.3, 0.4) is 0 Å². The molecule has 0 saturated carbocycles. The molecule has 1 N–H and O–H groups in total. The number of nitrogens with one attached hydrogen (secondary N) is 1. The molecule has 0 aliphatic carbocycles. The largest absolute Gasteiger partial charge is 0.490 e. The van der Waals surface area contributed by atoms with Gasteiger partial charge in [-0.2, -0.15) is 0 Å². The van der Waals surface area contributed by atoms with Crippen LogP contribution in [-0.2, 0) is 6.42 Å². The number of rotatable bonds is 6. The highest BCUT2D eigenvalue weighted by atomic mass is 16.6. The number of hydrogen-bond acceptors (Lipinski definition) is 4. The van der Waals surface area contributed by atoms with Crippen molar-refractivity contribution in [3.8, 4) is 5.75 Å². The Bertz CT molecular complexity index is 641. The van der Waals surface area contributed by atoms with Gasteiger partial charge in [-0.25, -0.2) is 0 Å². The fourth-order valence-corrected chi connectivity index (χ4v) is 2.17. The van der Waals surface area contributed by atoms with Gasteiger partial charge in [-0.05, 0) is 30.5 Å². The summed E-state index contributed by atoms with van der Waals surface area (Å²) in [6.45, 7) is 2.84. The Hall–Kier alpha value is -2.56. The second-order valence-corrected chi connectivity index (χ2v) is 4.75. The molecule has 0 fully saturated rings. The molecule has 0 amide bonds. The second kappa shape index (κ2) is 6.74. The molecule has 0 aliphatic heterocycles. The normalized spacial score (nSPS) is 10.2. The smallest absolute Gasteiger partial charge is 0.311 e. The molecule has 21 heavy (non-hydrogen) atoms.